The molecule has 2 aromatic heterocycles. The number of imidazole rings is 1. The summed E-state index contributed by atoms with van der Waals surface area (Å²) in [5, 5.41) is 0. The van der Waals surface area contributed by atoms with Gasteiger partial charge in [0.1, 0.15) is 5.65 Å². The number of hydrogen-bond donors (Lipinski definition) is 0. The average molecular weight is 316 g/mol. The van der Waals surface area contributed by atoms with Gasteiger partial charge in [0.15, 0.2) is 5.69 Å². The van der Waals surface area contributed by atoms with Crippen LogP contribution in [-0.4, -0.2) is 22.0 Å². The Morgan fingerprint density at radius 1 is 1.60 bits per heavy atom. The summed E-state index contributed by atoms with van der Waals surface area (Å²) in [5.41, 5.74) is 1.21. The predicted molar refractivity (Wildman–Crippen MR) is 63.9 cm³/mol. The van der Waals surface area contributed by atoms with Crippen molar-refractivity contribution in [3.63, 3.8) is 0 Å². The summed E-state index contributed by atoms with van der Waals surface area (Å²) in [7, 11) is 0. The number of aromatic nitrogens is 2. The van der Waals surface area contributed by atoms with Gasteiger partial charge < -0.3 is 4.74 Å². The Balaban J connectivity index is 2.52. The maximum absolute atomic E-state index is 11.5. The molecule has 5 heteroatoms. The predicted octanol–water partition coefficient (Wildman–Crippen LogP) is 2.12. The number of ether oxygens (including phenoxy) is 1. The Hall–Kier alpha value is -1.11. The molecule has 0 fully saturated rings. The van der Waals surface area contributed by atoms with Gasteiger partial charge in [-0.1, -0.05) is 0 Å². The first-order valence-corrected chi connectivity index (χ1v) is 5.60. The smallest absolute Gasteiger partial charge is 0.356 e. The number of halogens is 1. The van der Waals surface area contributed by atoms with Gasteiger partial charge in [-0.25, -0.2) is 9.78 Å². The molecule has 0 amide bonds. The number of carbonyl (C=O) groups excluding carboxylic acids is 1. The van der Waals surface area contributed by atoms with E-state index in [9.17, 15) is 4.79 Å². The van der Waals surface area contributed by atoms with Crippen LogP contribution < -0.4 is 0 Å². The highest BCUT2D eigenvalue weighted by Gasteiger charge is 2.12. The average Bonchev–Trinajstić information content (AvgIpc) is 2.60. The maximum Gasteiger partial charge on any atom is 0.356 e. The zero-order valence-electron chi connectivity index (χ0n) is 8.11. The molecule has 0 saturated carbocycles. The first kappa shape index (κ1) is 10.4. The molecule has 4 nitrogen and oxygen atoms in total. The summed E-state index contributed by atoms with van der Waals surface area (Å²) in [4.78, 5) is 15.7. The van der Waals surface area contributed by atoms with E-state index >= 15 is 0 Å². The lowest BCUT2D eigenvalue weighted by molar-refractivity contribution is 0.0518. The normalized spacial score (nSPS) is 10.5. The fourth-order valence-corrected chi connectivity index (χ4v) is 1.77. The standard InChI is InChI=1S/C10H9IN2O2/c1-2-15-10(14)8-5-12-9-4-3-7(11)6-13(8)9/h3-6H,2H2,1H3. The van der Waals surface area contributed by atoms with Crippen molar-refractivity contribution in [1.82, 2.24) is 9.38 Å². The van der Waals surface area contributed by atoms with Gasteiger partial charge >= 0.3 is 5.97 Å². The molecule has 15 heavy (non-hydrogen) atoms. The van der Waals surface area contributed by atoms with Gasteiger partial charge in [-0.15, -0.1) is 0 Å². The van der Waals surface area contributed by atoms with Crippen LogP contribution in [0.15, 0.2) is 24.5 Å². The van der Waals surface area contributed by atoms with E-state index in [-0.39, 0.29) is 5.97 Å². The van der Waals surface area contributed by atoms with Gasteiger partial charge in [-0.05, 0) is 41.6 Å². The summed E-state index contributed by atoms with van der Waals surface area (Å²) in [6.45, 7) is 2.15. The lowest BCUT2D eigenvalue weighted by Crippen LogP contribution is -2.07. The van der Waals surface area contributed by atoms with Crippen molar-refractivity contribution in [3.05, 3.63) is 33.8 Å². The Bertz CT molecular complexity index is 507. The van der Waals surface area contributed by atoms with Gasteiger partial charge in [-0.3, -0.25) is 4.40 Å². The van der Waals surface area contributed by atoms with Crippen LogP contribution in [-0.2, 0) is 4.74 Å². The number of rotatable bonds is 2. The minimum absolute atomic E-state index is 0.341. The van der Waals surface area contributed by atoms with Crippen molar-refractivity contribution in [2.75, 3.05) is 6.61 Å². The first-order valence-electron chi connectivity index (χ1n) is 4.52. The monoisotopic (exact) mass is 316 g/mol. The number of carbonyl (C=O) groups is 1. The second kappa shape index (κ2) is 4.18. The van der Waals surface area contributed by atoms with Crippen LogP contribution in [0.25, 0.3) is 5.65 Å². The molecule has 0 aliphatic carbocycles. The van der Waals surface area contributed by atoms with Crippen LogP contribution in [0, 0.1) is 3.57 Å². The SMILES string of the molecule is CCOC(=O)c1cnc2ccc(I)cn12. The number of hydrogen-bond acceptors (Lipinski definition) is 3. The molecular weight excluding hydrogens is 307 g/mol. The molecule has 0 atom stereocenters. The minimum atomic E-state index is -0.341. The molecule has 0 spiro atoms. The minimum Gasteiger partial charge on any atom is -0.461 e. The molecule has 0 N–H and O–H groups in total. The molecule has 2 rings (SSSR count). The number of pyridine rings is 1. The molecule has 0 saturated heterocycles. The number of nitrogens with zero attached hydrogens (tertiary/aromatic N) is 2. The molecule has 0 aliphatic rings. The fourth-order valence-electron chi connectivity index (χ4n) is 1.31. The number of esters is 1. The third-order valence-corrected chi connectivity index (χ3v) is 2.59. The van der Waals surface area contributed by atoms with Crippen molar-refractivity contribution in [1.29, 1.82) is 0 Å². The van der Waals surface area contributed by atoms with Gasteiger partial charge in [0, 0.05) is 9.77 Å². The van der Waals surface area contributed by atoms with Crippen molar-refractivity contribution in [2.45, 2.75) is 6.92 Å². The Morgan fingerprint density at radius 3 is 3.13 bits per heavy atom. The molecular formula is C10H9IN2O2. The third-order valence-electron chi connectivity index (χ3n) is 1.95. The highest BCUT2D eigenvalue weighted by atomic mass is 127. The van der Waals surface area contributed by atoms with Gasteiger partial charge in [0.05, 0.1) is 12.8 Å². The van der Waals surface area contributed by atoms with E-state index in [1.165, 1.54) is 6.20 Å². The molecule has 78 valence electrons. The van der Waals surface area contributed by atoms with Crippen LogP contribution in [0.1, 0.15) is 17.4 Å². The Morgan fingerprint density at radius 2 is 2.40 bits per heavy atom. The van der Waals surface area contributed by atoms with Crippen LogP contribution in [0.5, 0.6) is 0 Å². The second-order valence-corrected chi connectivity index (χ2v) is 4.19. The topological polar surface area (TPSA) is 43.6 Å². The van der Waals surface area contributed by atoms with E-state index in [2.05, 4.69) is 27.6 Å². The summed E-state index contributed by atoms with van der Waals surface area (Å²) < 4.78 is 7.71. The van der Waals surface area contributed by atoms with Crippen molar-refractivity contribution >= 4 is 34.2 Å². The van der Waals surface area contributed by atoms with Crippen LogP contribution in [0.4, 0.5) is 0 Å². The number of fused-ring (bicyclic) bond motifs is 1. The molecule has 2 heterocycles. The molecule has 0 aliphatic heterocycles. The molecule has 0 radical (unpaired) electrons. The van der Waals surface area contributed by atoms with E-state index in [1.807, 2.05) is 18.3 Å². The summed E-state index contributed by atoms with van der Waals surface area (Å²) in [5.74, 6) is -0.341. The second-order valence-electron chi connectivity index (χ2n) is 2.94. The first-order chi connectivity index (χ1) is 7.22. The van der Waals surface area contributed by atoms with Crippen molar-refractivity contribution < 1.29 is 9.53 Å². The lowest BCUT2D eigenvalue weighted by Gasteiger charge is -2.01. The van der Waals surface area contributed by atoms with E-state index < -0.39 is 0 Å². The zero-order valence-corrected chi connectivity index (χ0v) is 10.3. The Labute approximate surface area is 100 Å². The van der Waals surface area contributed by atoms with E-state index in [0.717, 1.165) is 9.22 Å². The Kier molecular flexibility index (Phi) is 2.90. The molecule has 0 unspecified atom stereocenters. The lowest BCUT2D eigenvalue weighted by atomic mass is 10.4. The van der Waals surface area contributed by atoms with Crippen LogP contribution in [0.2, 0.25) is 0 Å². The van der Waals surface area contributed by atoms with Crippen molar-refractivity contribution in [3.8, 4) is 0 Å². The maximum atomic E-state index is 11.5. The highest BCUT2D eigenvalue weighted by Crippen LogP contribution is 2.11. The van der Waals surface area contributed by atoms with E-state index in [1.54, 1.807) is 11.3 Å². The van der Waals surface area contributed by atoms with E-state index in [0.29, 0.717) is 12.3 Å². The van der Waals surface area contributed by atoms with Gasteiger partial charge in [-0.2, -0.15) is 0 Å². The largest absolute Gasteiger partial charge is 0.461 e. The zero-order chi connectivity index (χ0) is 10.8. The molecule has 0 bridgehead atoms. The quantitative estimate of drug-likeness (QED) is 0.630. The van der Waals surface area contributed by atoms with Crippen LogP contribution in [0.3, 0.4) is 0 Å². The van der Waals surface area contributed by atoms with Crippen LogP contribution >= 0.6 is 22.6 Å². The van der Waals surface area contributed by atoms with Crippen molar-refractivity contribution in [2.24, 2.45) is 0 Å². The summed E-state index contributed by atoms with van der Waals surface area (Å²) in [6, 6.07) is 3.81. The highest BCUT2D eigenvalue weighted by molar-refractivity contribution is 14.1. The summed E-state index contributed by atoms with van der Waals surface area (Å²) in [6.07, 6.45) is 3.39. The molecule has 0 aromatic carbocycles. The fraction of sp³-hybridized carbons (Fsp3) is 0.200. The molecule has 2 aromatic rings. The third kappa shape index (κ3) is 1.97. The van der Waals surface area contributed by atoms with Gasteiger partial charge in [0.25, 0.3) is 0 Å². The van der Waals surface area contributed by atoms with E-state index in [4.69, 9.17) is 4.74 Å². The summed E-state index contributed by atoms with van der Waals surface area (Å²) >= 11 is 2.19. The van der Waals surface area contributed by atoms with Gasteiger partial charge in [0.2, 0.25) is 0 Å².